The van der Waals surface area contributed by atoms with E-state index in [1.165, 1.54) is 12.8 Å². The van der Waals surface area contributed by atoms with E-state index in [-0.39, 0.29) is 11.5 Å². The molecular formula is C25H25BrN4O2. The summed E-state index contributed by atoms with van der Waals surface area (Å²) in [6.07, 6.45) is 7.56. The minimum atomic E-state index is -0.189. The standard InChI is InChI=1S/C25H25BrN4O2/c26-19-6-3-7-21-23(19)24(32)27-25-29(17-4-1-2-5-17)20-9-8-18(14-22(20)30(21)25)28-12-10-16(15-31)11-13-28/h3,6-9,14-17H,1-2,4-5,10-13H2. The number of nitrogens with zero attached hydrogens (tertiary/aromatic N) is 4. The lowest BCUT2D eigenvalue weighted by Crippen LogP contribution is -2.34. The summed E-state index contributed by atoms with van der Waals surface area (Å²) in [5.41, 5.74) is 4.06. The van der Waals surface area contributed by atoms with Gasteiger partial charge in [-0.25, -0.2) is 0 Å². The van der Waals surface area contributed by atoms with Gasteiger partial charge in [0.05, 0.1) is 21.9 Å². The molecule has 0 spiro atoms. The average molecular weight is 493 g/mol. The Morgan fingerprint density at radius 3 is 2.50 bits per heavy atom. The second-order valence-corrected chi connectivity index (χ2v) is 9.98. The molecule has 2 aliphatic rings. The van der Waals surface area contributed by atoms with Gasteiger partial charge in [0.2, 0.25) is 5.78 Å². The van der Waals surface area contributed by atoms with Crippen LogP contribution in [0.15, 0.2) is 45.7 Å². The van der Waals surface area contributed by atoms with E-state index < -0.39 is 0 Å². The van der Waals surface area contributed by atoms with Crippen LogP contribution in [0.3, 0.4) is 0 Å². The molecule has 0 radical (unpaired) electrons. The molecule has 1 aliphatic heterocycles. The number of hydrogen-bond acceptors (Lipinski definition) is 4. The van der Waals surface area contributed by atoms with Gasteiger partial charge in [-0.15, -0.1) is 0 Å². The highest BCUT2D eigenvalue weighted by molar-refractivity contribution is 9.10. The number of halogens is 1. The van der Waals surface area contributed by atoms with Gasteiger partial charge in [0.1, 0.15) is 6.29 Å². The molecule has 2 aromatic heterocycles. The van der Waals surface area contributed by atoms with Gasteiger partial charge < -0.3 is 14.3 Å². The number of aldehydes is 1. The number of imidazole rings is 1. The monoisotopic (exact) mass is 492 g/mol. The van der Waals surface area contributed by atoms with E-state index in [4.69, 9.17) is 0 Å². The summed E-state index contributed by atoms with van der Waals surface area (Å²) in [5.74, 6) is 0.911. The van der Waals surface area contributed by atoms with Gasteiger partial charge in [-0.1, -0.05) is 18.9 Å². The third kappa shape index (κ3) is 3.01. The lowest BCUT2D eigenvalue weighted by molar-refractivity contribution is -0.111. The predicted molar refractivity (Wildman–Crippen MR) is 131 cm³/mol. The van der Waals surface area contributed by atoms with Gasteiger partial charge in [-0.3, -0.25) is 9.20 Å². The first-order chi connectivity index (χ1) is 15.7. The van der Waals surface area contributed by atoms with E-state index in [0.29, 0.717) is 11.4 Å². The summed E-state index contributed by atoms with van der Waals surface area (Å²) in [5, 5.41) is 0.618. The number of benzene rings is 2. The van der Waals surface area contributed by atoms with Crippen LogP contribution in [0.2, 0.25) is 0 Å². The van der Waals surface area contributed by atoms with Crippen molar-refractivity contribution in [2.45, 2.75) is 44.6 Å². The number of carbonyl (C=O) groups is 1. The fourth-order valence-corrected chi connectivity index (χ4v) is 6.15. The molecule has 6 rings (SSSR count). The van der Waals surface area contributed by atoms with Crippen LogP contribution < -0.4 is 10.5 Å². The van der Waals surface area contributed by atoms with Crippen LogP contribution in [0.4, 0.5) is 5.69 Å². The average Bonchev–Trinajstić information content (AvgIpc) is 3.44. The number of aromatic nitrogens is 3. The predicted octanol–water partition coefficient (Wildman–Crippen LogP) is 5.10. The lowest BCUT2D eigenvalue weighted by atomic mass is 9.98. The van der Waals surface area contributed by atoms with Crippen molar-refractivity contribution < 1.29 is 4.79 Å². The zero-order valence-corrected chi connectivity index (χ0v) is 19.4. The molecule has 164 valence electrons. The molecule has 6 nitrogen and oxygen atoms in total. The molecule has 32 heavy (non-hydrogen) atoms. The summed E-state index contributed by atoms with van der Waals surface area (Å²) in [4.78, 5) is 31.2. The molecule has 1 saturated heterocycles. The minimum absolute atomic E-state index is 0.176. The SMILES string of the molecule is O=CC1CCN(c2ccc3c(c2)n2c4cccc(Br)c4c(=O)nc2n3C2CCCC2)CC1. The Labute approximate surface area is 194 Å². The molecule has 0 bridgehead atoms. The van der Waals surface area contributed by atoms with Crippen LogP contribution in [0.5, 0.6) is 0 Å². The van der Waals surface area contributed by atoms with Gasteiger partial charge in [0.25, 0.3) is 5.56 Å². The number of hydrogen-bond donors (Lipinski definition) is 0. The van der Waals surface area contributed by atoms with Crippen LogP contribution in [-0.2, 0) is 4.79 Å². The zero-order chi connectivity index (χ0) is 21.8. The van der Waals surface area contributed by atoms with Crippen molar-refractivity contribution in [2.75, 3.05) is 18.0 Å². The maximum atomic E-state index is 13.0. The van der Waals surface area contributed by atoms with E-state index in [0.717, 1.165) is 77.5 Å². The van der Waals surface area contributed by atoms with Crippen LogP contribution >= 0.6 is 15.9 Å². The van der Waals surface area contributed by atoms with Crippen LogP contribution in [-0.4, -0.2) is 33.3 Å². The Morgan fingerprint density at radius 2 is 1.75 bits per heavy atom. The highest BCUT2D eigenvalue weighted by atomic mass is 79.9. The molecule has 7 heteroatoms. The first kappa shape index (κ1) is 20.0. The van der Waals surface area contributed by atoms with Gasteiger partial charge >= 0.3 is 0 Å². The molecule has 0 N–H and O–H groups in total. The lowest BCUT2D eigenvalue weighted by Gasteiger charge is -2.31. The second-order valence-electron chi connectivity index (χ2n) is 9.13. The Balaban J connectivity index is 1.63. The van der Waals surface area contributed by atoms with Crippen LogP contribution in [0, 0.1) is 5.92 Å². The van der Waals surface area contributed by atoms with Gasteiger partial charge in [-0.2, -0.15) is 4.98 Å². The number of rotatable bonds is 3. The zero-order valence-electron chi connectivity index (χ0n) is 17.8. The first-order valence-electron chi connectivity index (χ1n) is 11.5. The Hall–Kier alpha value is -2.67. The number of piperidine rings is 1. The third-order valence-electron chi connectivity index (χ3n) is 7.31. The normalized spacial score (nSPS) is 18.3. The van der Waals surface area contributed by atoms with Crippen molar-refractivity contribution in [1.82, 2.24) is 14.0 Å². The van der Waals surface area contributed by atoms with Crippen molar-refractivity contribution >= 4 is 55.6 Å². The topological polar surface area (TPSA) is 59.6 Å². The quantitative estimate of drug-likeness (QED) is 0.373. The molecule has 0 unspecified atom stereocenters. The fraction of sp³-hybridized carbons (Fsp3) is 0.400. The molecule has 0 atom stereocenters. The van der Waals surface area contributed by atoms with Crippen molar-refractivity contribution in [2.24, 2.45) is 5.92 Å². The second kappa shape index (κ2) is 7.73. The molecule has 2 fully saturated rings. The molecule has 1 saturated carbocycles. The van der Waals surface area contributed by atoms with E-state index in [1.54, 1.807) is 0 Å². The Kier molecular flexibility index (Phi) is 4.82. The molecule has 4 aromatic rings. The maximum Gasteiger partial charge on any atom is 0.283 e. The number of fused-ring (bicyclic) bond motifs is 5. The summed E-state index contributed by atoms with van der Waals surface area (Å²) < 4.78 is 5.24. The smallest absolute Gasteiger partial charge is 0.283 e. The van der Waals surface area contributed by atoms with Gasteiger partial charge in [0, 0.05) is 35.2 Å². The summed E-state index contributed by atoms with van der Waals surface area (Å²) in [6.45, 7) is 1.77. The van der Waals surface area contributed by atoms with E-state index >= 15 is 0 Å². The fourth-order valence-electron chi connectivity index (χ4n) is 5.63. The molecule has 3 heterocycles. The van der Waals surface area contributed by atoms with Crippen molar-refractivity contribution in [3.05, 3.63) is 51.2 Å². The van der Waals surface area contributed by atoms with Gasteiger partial charge in [0.15, 0.2) is 0 Å². The Morgan fingerprint density at radius 1 is 0.969 bits per heavy atom. The molecule has 2 aromatic carbocycles. The maximum absolute atomic E-state index is 13.0. The minimum Gasteiger partial charge on any atom is -0.371 e. The summed E-state index contributed by atoms with van der Waals surface area (Å²) in [6, 6.07) is 12.9. The number of carbonyl (C=O) groups excluding carboxylic acids is 1. The third-order valence-corrected chi connectivity index (χ3v) is 7.97. The van der Waals surface area contributed by atoms with Crippen LogP contribution in [0.25, 0.3) is 27.7 Å². The summed E-state index contributed by atoms with van der Waals surface area (Å²) >= 11 is 3.56. The molecular weight excluding hydrogens is 468 g/mol. The highest BCUT2D eigenvalue weighted by Gasteiger charge is 2.26. The van der Waals surface area contributed by atoms with Crippen molar-refractivity contribution in [1.29, 1.82) is 0 Å². The molecule has 0 amide bonds. The van der Waals surface area contributed by atoms with E-state index in [2.05, 4.69) is 53.0 Å². The number of anilines is 1. The largest absolute Gasteiger partial charge is 0.371 e. The molecule has 1 aliphatic carbocycles. The van der Waals surface area contributed by atoms with Crippen molar-refractivity contribution in [3.63, 3.8) is 0 Å². The summed E-state index contributed by atoms with van der Waals surface area (Å²) in [7, 11) is 0. The van der Waals surface area contributed by atoms with E-state index in [9.17, 15) is 9.59 Å². The van der Waals surface area contributed by atoms with Crippen molar-refractivity contribution in [3.8, 4) is 0 Å². The van der Waals surface area contributed by atoms with Crippen LogP contribution in [0.1, 0.15) is 44.6 Å². The first-order valence-corrected chi connectivity index (χ1v) is 12.3. The van der Waals surface area contributed by atoms with E-state index in [1.807, 2.05) is 18.2 Å². The Bertz CT molecular complexity index is 1410. The van der Waals surface area contributed by atoms with Gasteiger partial charge in [-0.05, 0) is 71.9 Å². The highest BCUT2D eigenvalue weighted by Crippen LogP contribution is 2.37.